The van der Waals surface area contributed by atoms with E-state index in [0.29, 0.717) is 39.2 Å². The van der Waals surface area contributed by atoms with Gasteiger partial charge >= 0.3 is 6.18 Å². The molecule has 0 unspecified atom stereocenters. The third-order valence-corrected chi connectivity index (χ3v) is 7.87. The Hall–Kier alpha value is -3.22. The lowest BCUT2D eigenvalue weighted by Gasteiger charge is -2.39. The highest BCUT2D eigenvalue weighted by atomic mass is 79.9. The molecule has 0 atom stereocenters. The Morgan fingerprint density at radius 3 is 2.44 bits per heavy atom. The Morgan fingerprint density at radius 2 is 1.82 bits per heavy atom. The summed E-state index contributed by atoms with van der Waals surface area (Å²) in [6, 6.07) is 12.4. The highest BCUT2D eigenvalue weighted by Crippen LogP contribution is 2.54. The van der Waals surface area contributed by atoms with E-state index in [-0.39, 0.29) is 31.0 Å². The minimum atomic E-state index is -4.52. The van der Waals surface area contributed by atoms with Crippen LogP contribution in [-0.2, 0) is 12.0 Å². The van der Waals surface area contributed by atoms with E-state index in [0.717, 1.165) is 4.47 Å². The summed E-state index contributed by atoms with van der Waals surface area (Å²) in [5, 5.41) is 12.9. The second-order valence-electron chi connectivity index (χ2n) is 9.11. The highest BCUT2D eigenvalue weighted by molar-refractivity contribution is 9.10. The molecule has 1 aliphatic carbocycles. The van der Waals surface area contributed by atoms with Gasteiger partial charge in [-0.1, -0.05) is 45.6 Å². The quantitative estimate of drug-likeness (QED) is 0.194. The van der Waals surface area contributed by atoms with E-state index >= 15 is 0 Å². The molecular formula is C25H17BrCl2F3N7O. The Balaban J connectivity index is 1.59. The fourth-order valence-electron chi connectivity index (χ4n) is 4.62. The largest absolute Gasteiger partial charge is 0.418 e. The first-order valence-corrected chi connectivity index (χ1v) is 13.3. The SMILES string of the molecule is FC(F)(F)C1(c2nnc(-c3nc(-c4ccc(Cl)cc4Cl)n(-c4ccc(Br)cc4)c3Cn3cncn3)o2)CCC1. The molecule has 5 aromatic rings. The molecular weight excluding hydrogens is 622 g/mol. The summed E-state index contributed by atoms with van der Waals surface area (Å²) >= 11 is 16.2. The van der Waals surface area contributed by atoms with E-state index in [1.807, 2.05) is 28.8 Å². The van der Waals surface area contributed by atoms with Crippen LogP contribution in [-0.4, -0.2) is 40.7 Å². The lowest BCUT2D eigenvalue weighted by Crippen LogP contribution is -2.48. The topological polar surface area (TPSA) is 87.5 Å². The predicted molar refractivity (Wildman–Crippen MR) is 141 cm³/mol. The Bertz CT molecular complexity index is 1650. The molecule has 1 aliphatic rings. The van der Waals surface area contributed by atoms with E-state index < -0.39 is 17.5 Å². The van der Waals surface area contributed by atoms with Gasteiger partial charge in [0.25, 0.3) is 5.89 Å². The monoisotopic (exact) mass is 637 g/mol. The van der Waals surface area contributed by atoms with E-state index in [1.54, 1.807) is 22.9 Å². The molecule has 2 aromatic carbocycles. The maximum absolute atomic E-state index is 14.0. The van der Waals surface area contributed by atoms with Gasteiger partial charge in [-0.2, -0.15) is 18.3 Å². The summed E-state index contributed by atoms with van der Waals surface area (Å²) in [5.74, 6) is -0.205. The average molecular weight is 639 g/mol. The molecule has 0 aliphatic heterocycles. The zero-order valence-electron chi connectivity index (χ0n) is 19.8. The van der Waals surface area contributed by atoms with Crippen molar-refractivity contribution < 1.29 is 17.6 Å². The first-order valence-electron chi connectivity index (χ1n) is 11.7. The van der Waals surface area contributed by atoms with Crippen molar-refractivity contribution in [3.63, 3.8) is 0 Å². The van der Waals surface area contributed by atoms with Gasteiger partial charge in [0.2, 0.25) is 5.89 Å². The zero-order valence-corrected chi connectivity index (χ0v) is 22.9. The summed E-state index contributed by atoms with van der Waals surface area (Å²) < 4.78 is 52.0. The molecule has 14 heteroatoms. The number of benzene rings is 2. The molecule has 0 N–H and O–H groups in total. The average Bonchev–Trinajstić information content (AvgIpc) is 3.59. The number of hydrogen-bond donors (Lipinski definition) is 0. The number of hydrogen-bond acceptors (Lipinski definition) is 6. The molecule has 200 valence electrons. The van der Waals surface area contributed by atoms with Gasteiger partial charge in [-0.3, -0.25) is 4.57 Å². The van der Waals surface area contributed by atoms with Crippen LogP contribution >= 0.6 is 39.1 Å². The Labute approximate surface area is 237 Å². The van der Waals surface area contributed by atoms with Gasteiger partial charge < -0.3 is 4.42 Å². The molecule has 0 amide bonds. The number of alkyl halides is 3. The van der Waals surface area contributed by atoms with Gasteiger partial charge in [0, 0.05) is 20.7 Å². The number of halogens is 6. The van der Waals surface area contributed by atoms with Crippen molar-refractivity contribution in [2.24, 2.45) is 0 Å². The predicted octanol–water partition coefficient (Wildman–Crippen LogP) is 7.28. The van der Waals surface area contributed by atoms with Crippen molar-refractivity contribution in [2.75, 3.05) is 0 Å². The standard InChI is InChI=1S/C25H17BrCl2F3N7O/c26-14-2-5-16(6-3-14)38-19(11-37-13-32-12-33-37)20(34-21(38)17-7-4-15(27)10-18(17)28)22-35-36-23(39-22)24(8-1-9-24)25(29,30)31/h2-7,10,12-13H,1,8-9,11H2. The maximum Gasteiger partial charge on any atom is 0.403 e. The van der Waals surface area contributed by atoms with Gasteiger partial charge in [-0.15, -0.1) is 10.2 Å². The van der Waals surface area contributed by atoms with Crippen LogP contribution < -0.4 is 0 Å². The third kappa shape index (κ3) is 4.53. The highest BCUT2D eigenvalue weighted by Gasteiger charge is 2.63. The van der Waals surface area contributed by atoms with E-state index in [9.17, 15) is 13.2 Å². The van der Waals surface area contributed by atoms with Crippen molar-refractivity contribution in [1.82, 2.24) is 34.5 Å². The normalized spacial score (nSPS) is 14.9. The fourth-order valence-corrected chi connectivity index (χ4v) is 5.38. The summed E-state index contributed by atoms with van der Waals surface area (Å²) in [4.78, 5) is 8.82. The molecule has 3 heterocycles. The first kappa shape index (κ1) is 26.0. The molecule has 0 saturated heterocycles. The number of imidazole rings is 1. The van der Waals surface area contributed by atoms with Crippen LogP contribution in [0.5, 0.6) is 0 Å². The van der Waals surface area contributed by atoms with Gasteiger partial charge in [0.1, 0.15) is 23.9 Å². The van der Waals surface area contributed by atoms with E-state index in [2.05, 4.69) is 36.2 Å². The lowest BCUT2D eigenvalue weighted by molar-refractivity contribution is -0.219. The third-order valence-electron chi connectivity index (χ3n) is 6.79. The van der Waals surface area contributed by atoms with Crippen molar-refractivity contribution in [1.29, 1.82) is 0 Å². The molecule has 39 heavy (non-hydrogen) atoms. The van der Waals surface area contributed by atoms with Gasteiger partial charge in [-0.05, 0) is 55.3 Å². The molecule has 1 fully saturated rings. The van der Waals surface area contributed by atoms with Crippen LogP contribution in [0, 0.1) is 0 Å². The van der Waals surface area contributed by atoms with E-state index in [4.69, 9.17) is 32.6 Å². The molecule has 1 saturated carbocycles. The van der Waals surface area contributed by atoms with Crippen LogP contribution in [0.2, 0.25) is 10.0 Å². The van der Waals surface area contributed by atoms with Gasteiger partial charge in [0.15, 0.2) is 5.69 Å². The molecule has 0 radical (unpaired) electrons. The summed E-state index contributed by atoms with van der Waals surface area (Å²) in [5.41, 5.74) is -0.182. The number of nitrogens with zero attached hydrogens (tertiary/aromatic N) is 7. The Kier molecular flexibility index (Phi) is 6.51. The van der Waals surface area contributed by atoms with Crippen LogP contribution in [0.1, 0.15) is 30.8 Å². The molecule has 6 rings (SSSR count). The van der Waals surface area contributed by atoms with Crippen molar-refractivity contribution in [2.45, 2.75) is 37.4 Å². The summed E-state index contributed by atoms with van der Waals surface area (Å²) in [6.07, 6.45) is -1.41. The summed E-state index contributed by atoms with van der Waals surface area (Å²) in [6.45, 7) is 0.145. The zero-order chi connectivity index (χ0) is 27.4. The minimum absolute atomic E-state index is 0.108. The lowest BCUT2D eigenvalue weighted by atomic mass is 9.68. The fraction of sp³-hybridized carbons (Fsp3) is 0.240. The number of rotatable bonds is 6. The smallest absolute Gasteiger partial charge is 0.403 e. The van der Waals surface area contributed by atoms with E-state index in [1.165, 1.54) is 12.7 Å². The van der Waals surface area contributed by atoms with Crippen molar-refractivity contribution in [3.05, 3.63) is 81.2 Å². The minimum Gasteiger partial charge on any atom is -0.418 e. The van der Waals surface area contributed by atoms with Crippen molar-refractivity contribution >= 4 is 39.1 Å². The molecule has 0 spiro atoms. The maximum atomic E-state index is 14.0. The first-order chi connectivity index (χ1) is 18.7. The van der Waals surface area contributed by atoms with Crippen LogP contribution in [0.3, 0.4) is 0 Å². The van der Waals surface area contributed by atoms with Crippen molar-refractivity contribution in [3.8, 4) is 28.7 Å². The van der Waals surface area contributed by atoms with Gasteiger partial charge in [0.05, 0.1) is 17.3 Å². The molecule has 8 nitrogen and oxygen atoms in total. The summed E-state index contributed by atoms with van der Waals surface area (Å²) in [7, 11) is 0. The molecule has 3 aromatic heterocycles. The number of aromatic nitrogens is 7. The second-order valence-corrected chi connectivity index (χ2v) is 10.9. The van der Waals surface area contributed by atoms with Crippen LogP contribution in [0.25, 0.3) is 28.7 Å². The van der Waals surface area contributed by atoms with Gasteiger partial charge in [-0.25, -0.2) is 14.6 Å². The van der Waals surface area contributed by atoms with Crippen LogP contribution in [0.15, 0.2) is 64.0 Å². The Morgan fingerprint density at radius 1 is 1.05 bits per heavy atom. The second kappa shape index (κ2) is 9.76. The molecule has 0 bridgehead atoms. The van der Waals surface area contributed by atoms with Crippen LogP contribution in [0.4, 0.5) is 13.2 Å².